The molecule has 1 aliphatic heterocycles. The van der Waals surface area contributed by atoms with Crippen LogP contribution in [0.25, 0.3) is 0 Å². The zero-order valence-electron chi connectivity index (χ0n) is 19.2. The fourth-order valence-electron chi connectivity index (χ4n) is 4.04. The third-order valence-corrected chi connectivity index (χ3v) is 6.23. The van der Waals surface area contributed by atoms with Crippen molar-refractivity contribution in [3.05, 3.63) is 17.0 Å². The molecule has 9 heteroatoms. The van der Waals surface area contributed by atoms with Gasteiger partial charge in [0.25, 0.3) is 0 Å². The summed E-state index contributed by atoms with van der Waals surface area (Å²) in [6, 6.07) is 1.59. The van der Waals surface area contributed by atoms with E-state index in [1.807, 2.05) is 0 Å². The molecule has 0 radical (unpaired) electrons. The fraction of sp³-hybridized carbons (Fsp3) is 0.783. The summed E-state index contributed by atoms with van der Waals surface area (Å²) in [5.41, 5.74) is 5.67. The molecule has 1 aromatic rings. The molecular weight excluding hydrogens is 430 g/mol. The van der Waals surface area contributed by atoms with Crippen LogP contribution in [0.4, 0.5) is 5.82 Å². The predicted molar refractivity (Wildman–Crippen MR) is 124 cm³/mol. The van der Waals surface area contributed by atoms with Crippen LogP contribution >= 0.6 is 12.2 Å². The zero-order valence-corrected chi connectivity index (χ0v) is 20.0. The normalized spacial score (nSPS) is 22.8. The molecule has 4 atom stereocenters. The van der Waals surface area contributed by atoms with Gasteiger partial charge in [0.15, 0.2) is 18.0 Å². The molecule has 2 rings (SSSR count). The van der Waals surface area contributed by atoms with E-state index in [2.05, 4.69) is 11.9 Å². The van der Waals surface area contributed by atoms with Crippen LogP contribution in [0.5, 0.6) is 0 Å². The number of carbonyl (C=O) groups is 1. The van der Waals surface area contributed by atoms with Crippen molar-refractivity contribution in [1.82, 2.24) is 4.98 Å². The van der Waals surface area contributed by atoms with Gasteiger partial charge in [-0.25, -0.2) is 4.98 Å². The van der Waals surface area contributed by atoms with Gasteiger partial charge in [0.2, 0.25) is 6.23 Å². The Kier molecular flexibility index (Phi) is 12.2. The third kappa shape index (κ3) is 8.42. The molecule has 0 unspecified atom stereocenters. The molecule has 0 spiro atoms. The van der Waals surface area contributed by atoms with E-state index in [1.54, 1.807) is 12.3 Å². The third-order valence-electron chi connectivity index (χ3n) is 5.92. The summed E-state index contributed by atoms with van der Waals surface area (Å²) in [5.74, 6) is -0.00691. The first kappa shape index (κ1) is 26.7. The van der Waals surface area contributed by atoms with Crippen molar-refractivity contribution in [3.8, 4) is 0 Å². The number of unbranched alkanes of at least 4 members (excludes halogenated alkanes) is 10. The lowest BCUT2D eigenvalue weighted by Gasteiger charge is -2.19. The number of esters is 1. The lowest BCUT2D eigenvalue weighted by molar-refractivity contribution is -0.773. The molecule has 1 fully saturated rings. The number of aliphatic hydroxyl groups excluding tert-OH is 2. The van der Waals surface area contributed by atoms with Crippen LogP contribution in [0.15, 0.2) is 12.3 Å². The van der Waals surface area contributed by atoms with Gasteiger partial charge in [-0.1, -0.05) is 71.1 Å². The number of hydrogen-bond donors (Lipinski definition) is 4. The van der Waals surface area contributed by atoms with E-state index >= 15 is 0 Å². The fourth-order valence-corrected chi connectivity index (χ4v) is 4.33. The average Bonchev–Trinajstić information content (AvgIpc) is 3.07. The summed E-state index contributed by atoms with van der Waals surface area (Å²) >= 11 is 5.23. The van der Waals surface area contributed by atoms with Crippen molar-refractivity contribution in [2.24, 2.45) is 0 Å². The maximum atomic E-state index is 12.3. The van der Waals surface area contributed by atoms with Crippen molar-refractivity contribution >= 4 is 24.0 Å². The predicted octanol–water partition coefficient (Wildman–Crippen LogP) is 3.48. The summed E-state index contributed by atoms with van der Waals surface area (Å²) in [4.78, 5) is 15.1. The molecule has 0 aromatic carbocycles. The Morgan fingerprint density at radius 3 is 2.31 bits per heavy atom. The van der Waals surface area contributed by atoms with Crippen molar-refractivity contribution in [2.75, 3.05) is 12.3 Å². The molecular formula is C23H40N3O5S+. The van der Waals surface area contributed by atoms with Crippen molar-refractivity contribution in [1.29, 1.82) is 0 Å². The van der Waals surface area contributed by atoms with Gasteiger partial charge in [-0.15, -0.1) is 0 Å². The number of carbonyl (C=O) groups excluding carboxylic acids is 1. The highest BCUT2D eigenvalue weighted by atomic mass is 32.1. The van der Waals surface area contributed by atoms with Crippen LogP contribution in [-0.4, -0.2) is 46.1 Å². The molecule has 32 heavy (non-hydrogen) atoms. The number of nitrogen functional groups attached to an aromatic ring is 1. The summed E-state index contributed by atoms with van der Waals surface area (Å²) < 4.78 is 13.0. The van der Waals surface area contributed by atoms with Crippen LogP contribution in [0.2, 0.25) is 0 Å². The van der Waals surface area contributed by atoms with Crippen LogP contribution in [0.1, 0.15) is 90.2 Å². The molecule has 5 N–H and O–H groups in total. The standard InChI is InChI=1S/C23H39N3O5S/c1-2-3-4-5-6-7-8-9-10-11-12-13-19(28)31-21-17(16-27)30-22(20(21)29)26-15-14-18(24)25-23(26)32/h14-15,17,20-22,27,29H,2-13,16H2,1H3,(H2,24,25,32)/p+1/t17-,20+,21-,22-/m1/s1. The number of anilines is 1. The van der Waals surface area contributed by atoms with E-state index in [1.165, 1.54) is 55.9 Å². The van der Waals surface area contributed by atoms with Gasteiger partial charge in [-0.2, -0.15) is 4.57 Å². The van der Waals surface area contributed by atoms with Gasteiger partial charge in [0, 0.05) is 24.7 Å². The van der Waals surface area contributed by atoms with Crippen LogP contribution in [0, 0.1) is 4.77 Å². The zero-order chi connectivity index (χ0) is 23.3. The van der Waals surface area contributed by atoms with E-state index < -0.39 is 24.5 Å². The number of aromatic nitrogens is 2. The SMILES string of the molecule is CCCCCCCCCCCCCC(=O)O[C@H]1[C@H](O)[C@H]([n+]2ccc(N)[nH]c2=S)O[C@@H]1CO. The monoisotopic (exact) mass is 470 g/mol. The Hall–Kier alpha value is -1.55. The van der Waals surface area contributed by atoms with Gasteiger partial charge in [0.1, 0.15) is 12.3 Å². The first-order valence-electron chi connectivity index (χ1n) is 12.0. The number of H-pyrrole nitrogens is 1. The Morgan fingerprint density at radius 2 is 1.75 bits per heavy atom. The second-order valence-corrected chi connectivity index (χ2v) is 8.97. The van der Waals surface area contributed by atoms with Crippen molar-refractivity contribution in [3.63, 3.8) is 0 Å². The minimum Gasteiger partial charge on any atom is -0.456 e. The lowest BCUT2D eigenvalue weighted by Crippen LogP contribution is -2.48. The summed E-state index contributed by atoms with van der Waals surface area (Å²) in [5, 5.41) is 20.3. The second kappa shape index (κ2) is 14.6. The molecule has 0 aliphatic carbocycles. The van der Waals surface area contributed by atoms with Gasteiger partial charge in [-0.05, 0) is 6.42 Å². The topological polar surface area (TPSA) is 122 Å². The maximum Gasteiger partial charge on any atom is 0.352 e. The minimum absolute atomic E-state index is 0.263. The van der Waals surface area contributed by atoms with E-state index in [9.17, 15) is 15.0 Å². The molecule has 1 saturated heterocycles. The number of nitrogens with zero attached hydrogens (tertiary/aromatic N) is 1. The number of ether oxygens (including phenoxy) is 2. The summed E-state index contributed by atoms with van der Waals surface area (Å²) in [6.07, 6.45) is 11.3. The molecule has 8 nitrogen and oxygen atoms in total. The van der Waals surface area contributed by atoms with Gasteiger partial charge < -0.3 is 25.4 Å². The lowest BCUT2D eigenvalue weighted by atomic mass is 10.1. The second-order valence-electron chi connectivity index (χ2n) is 8.59. The number of aliphatic hydroxyl groups is 2. The maximum absolute atomic E-state index is 12.3. The van der Waals surface area contributed by atoms with Crippen molar-refractivity contribution < 1.29 is 29.0 Å². The highest BCUT2D eigenvalue weighted by molar-refractivity contribution is 7.71. The summed E-state index contributed by atoms with van der Waals surface area (Å²) in [6.45, 7) is 1.85. The Morgan fingerprint density at radius 1 is 1.16 bits per heavy atom. The van der Waals surface area contributed by atoms with Crippen LogP contribution < -0.4 is 10.3 Å². The van der Waals surface area contributed by atoms with Crippen molar-refractivity contribution in [2.45, 2.75) is 109 Å². The van der Waals surface area contributed by atoms with Crippen LogP contribution in [0.3, 0.4) is 0 Å². The van der Waals surface area contributed by atoms with Gasteiger partial charge >= 0.3 is 10.7 Å². The largest absolute Gasteiger partial charge is 0.456 e. The molecule has 0 amide bonds. The average molecular weight is 471 g/mol. The molecule has 182 valence electrons. The molecule has 2 heterocycles. The molecule has 1 aliphatic rings. The van der Waals surface area contributed by atoms with Gasteiger partial charge in [-0.3, -0.25) is 4.79 Å². The van der Waals surface area contributed by atoms with E-state index in [4.69, 9.17) is 27.4 Å². The van der Waals surface area contributed by atoms with E-state index in [0.717, 1.165) is 19.3 Å². The first-order chi connectivity index (χ1) is 15.5. The number of aromatic amines is 1. The minimum atomic E-state index is -1.16. The number of nitrogens with two attached hydrogens (primary N) is 1. The van der Waals surface area contributed by atoms with E-state index in [-0.39, 0.29) is 23.8 Å². The first-order valence-corrected chi connectivity index (χ1v) is 12.4. The quantitative estimate of drug-likeness (QED) is 0.134. The molecule has 0 saturated carbocycles. The highest BCUT2D eigenvalue weighted by Gasteiger charge is 2.49. The Bertz CT molecular complexity index is 745. The Labute approximate surface area is 196 Å². The van der Waals surface area contributed by atoms with E-state index in [0.29, 0.717) is 5.82 Å². The number of hydrogen-bond acceptors (Lipinski definition) is 7. The Balaban J connectivity index is 1.68. The molecule has 1 aromatic heterocycles. The summed E-state index contributed by atoms with van der Waals surface area (Å²) in [7, 11) is 0. The van der Waals surface area contributed by atoms with Crippen LogP contribution in [-0.2, 0) is 14.3 Å². The smallest absolute Gasteiger partial charge is 0.352 e. The highest BCUT2D eigenvalue weighted by Crippen LogP contribution is 2.28. The van der Waals surface area contributed by atoms with Gasteiger partial charge in [0.05, 0.1) is 6.61 Å². The number of nitrogens with one attached hydrogen (secondary N) is 1. The molecule has 0 bridgehead atoms. The number of rotatable bonds is 15.